The highest BCUT2D eigenvalue weighted by atomic mass is 19.3. The number of alkyl halides is 2. The number of aliphatic carboxylic acids is 1. The summed E-state index contributed by atoms with van der Waals surface area (Å²) in [7, 11) is 0. The number of nitrogens with zero attached hydrogens (tertiary/aromatic N) is 1. The van der Waals surface area contributed by atoms with Gasteiger partial charge >= 0.3 is 12.6 Å². The van der Waals surface area contributed by atoms with E-state index in [0.29, 0.717) is 0 Å². The summed E-state index contributed by atoms with van der Waals surface area (Å²) in [5.74, 6) is -4.60. The Morgan fingerprint density at radius 2 is 1.69 bits per heavy atom. The Hall–Kier alpha value is -3.49. The van der Waals surface area contributed by atoms with Crippen molar-refractivity contribution in [1.82, 2.24) is 4.57 Å². The fourth-order valence-corrected chi connectivity index (χ4v) is 3.91. The number of phenols is 1. The molecule has 1 aromatic heterocycles. The molecule has 3 rings (SSSR count). The molecular formula is C23H22F3NO5. The van der Waals surface area contributed by atoms with E-state index < -0.39 is 41.4 Å². The quantitative estimate of drug-likeness (QED) is 0.552. The maximum absolute atomic E-state index is 14.2. The fourth-order valence-electron chi connectivity index (χ4n) is 3.91. The maximum Gasteiger partial charge on any atom is 0.387 e. The van der Waals surface area contributed by atoms with Crippen LogP contribution in [0.4, 0.5) is 13.2 Å². The van der Waals surface area contributed by atoms with Crippen molar-refractivity contribution < 1.29 is 37.7 Å². The van der Waals surface area contributed by atoms with E-state index in [-0.39, 0.29) is 33.5 Å². The zero-order valence-electron chi connectivity index (χ0n) is 17.8. The van der Waals surface area contributed by atoms with E-state index in [2.05, 4.69) is 4.74 Å². The number of aromatic nitrogens is 1. The van der Waals surface area contributed by atoms with Crippen LogP contribution >= 0.6 is 0 Å². The van der Waals surface area contributed by atoms with Gasteiger partial charge in [-0.3, -0.25) is 14.2 Å². The van der Waals surface area contributed by atoms with Gasteiger partial charge in [0.2, 0.25) is 0 Å². The average Bonchev–Trinajstić information content (AvgIpc) is 2.92. The van der Waals surface area contributed by atoms with Crippen LogP contribution in [0.2, 0.25) is 0 Å². The number of benzene rings is 2. The molecule has 170 valence electrons. The molecule has 0 amide bonds. The molecule has 0 aliphatic heterocycles. The predicted molar refractivity (Wildman–Crippen MR) is 111 cm³/mol. The summed E-state index contributed by atoms with van der Waals surface area (Å²) in [4.78, 5) is 25.5. The molecule has 1 heterocycles. The Morgan fingerprint density at radius 3 is 2.19 bits per heavy atom. The summed E-state index contributed by atoms with van der Waals surface area (Å²) < 4.78 is 44.4. The number of rotatable bonds is 5. The minimum atomic E-state index is -3.02. The van der Waals surface area contributed by atoms with Crippen LogP contribution in [0.3, 0.4) is 0 Å². The van der Waals surface area contributed by atoms with Crippen LogP contribution in [0.25, 0.3) is 10.9 Å². The van der Waals surface area contributed by atoms with Gasteiger partial charge in [-0.2, -0.15) is 8.78 Å². The van der Waals surface area contributed by atoms with E-state index in [9.17, 15) is 33.0 Å². The van der Waals surface area contributed by atoms with Crippen molar-refractivity contribution in [3.8, 4) is 11.5 Å². The van der Waals surface area contributed by atoms with Crippen molar-refractivity contribution >= 4 is 22.8 Å². The van der Waals surface area contributed by atoms with E-state index in [1.807, 2.05) is 0 Å². The predicted octanol–water partition coefficient (Wildman–Crippen LogP) is 5.30. The molecule has 32 heavy (non-hydrogen) atoms. The summed E-state index contributed by atoms with van der Waals surface area (Å²) in [6.07, 6.45) is 0. The maximum atomic E-state index is 14.2. The van der Waals surface area contributed by atoms with Crippen LogP contribution in [0.15, 0.2) is 36.4 Å². The smallest absolute Gasteiger partial charge is 0.387 e. The van der Waals surface area contributed by atoms with Crippen LogP contribution in [0, 0.1) is 18.2 Å². The van der Waals surface area contributed by atoms with Gasteiger partial charge in [0, 0.05) is 22.7 Å². The monoisotopic (exact) mass is 449 g/mol. The number of fused-ring (bicyclic) bond motifs is 1. The van der Waals surface area contributed by atoms with Crippen LogP contribution in [-0.2, 0) is 4.79 Å². The lowest BCUT2D eigenvalue weighted by molar-refractivity contribution is -0.141. The average molecular weight is 449 g/mol. The molecule has 0 saturated carbocycles. The summed E-state index contributed by atoms with van der Waals surface area (Å²) in [6.45, 7) is 3.69. The molecule has 0 radical (unpaired) electrons. The Balaban J connectivity index is 2.25. The Labute approximate surface area is 181 Å². The van der Waals surface area contributed by atoms with Gasteiger partial charge in [0.15, 0.2) is 11.6 Å². The SMILES string of the molecule is Cc1c(C(C(=O)O)C(C)(C)C)c2cc(O)c(F)cc2n1C(=O)c1ccc(OC(F)F)cc1. The first-order valence-electron chi connectivity index (χ1n) is 9.68. The third-order valence-electron chi connectivity index (χ3n) is 5.25. The molecular weight excluding hydrogens is 427 g/mol. The third-order valence-corrected chi connectivity index (χ3v) is 5.25. The van der Waals surface area contributed by atoms with Crippen molar-refractivity contribution in [3.05, 3.63) is 59.0 Å². The molecule has 3 aromatic rings. The highest BCUT2D eigenvalue weighted by Gasteiger charge is 2.38. The second-order valence-electron chi connectivity index (χ2n) is 8.50. The Morgan fingerprint density at radius 1 is 1.09 bits per heavy atom. The first-order valence-corrected chi connectivity index (χ1v) is 9.68. The van der Waals surface area contributed by atoms with E-state index in [1.54, 1.807) is 20.8 Å². The molecule has 0 bridgehead atoms. The van der Waals surface area contributed by atoms with E-state index in [1.165, 1.54) is 31.2 Å². The largest absolute Gasteiger partial charge is 0.505 e. The summed E-state index contributed by atoms with van der Waals surface area (Å²) in [5, 5.41) is 20.1. The van der Waals surface area contributed by atoms with Gasteiger partial charge in [-0.15, -0.1) is 0 Å². The van der Waals surface area contributed by atoms with E-state index in [4.69, 9.17) is 0 Å². The third kappa shape index (κ3) is 4.15. The van der Waals surface area contributed by atoms with Crippen LogP contribution in [0.5, 0.6) is 11.5 Å². The number of aromatic hydroxyl groups is 1. The first-order chi connectivity index (χ1) is 14.8. The van der Waals surface area contributed by atoms with Crippen molar-refractivity contribution in [2.75, 3.05) is 0 Å². The molecule has 6 nitrogen and oxygen atoms in total. The molecule has 9 heteroatoms. The second kappa shape index (κ2) is 8.22. The molecule has 1 unspecified atom stereocenters. The number of phenolic OH excluding ortho intramolecular Hbond substituents is 1. The van der Waals surface area contributed by atoms with Gasteiger partial charge in [-0.1, -0.05) is 20.8 Å². The topological polar surface area (TPSA) is 88.8 Å². The van der Waals surface area contributed by atoms with E-state index in [0.717, 1.165) is 16.7 Å². The van der Waals surface area contributed by atoms with Gasteiger partial charge in [-0.05, 0) is 48.2 Å². The fraction of sp³-hybridized carbons (Fsp3) is 0.304. The molecule has 0 spiro atoms. The summed E-state index contributed by atoms with van der Waals surface area (Å²) in [5.41, 5.74) is -0.0427. The lowest BCUT2D eigenvalue weighted by atomic mass is 9.75. The van der Waals surface area contributed by atoms with Gasteiger partial charge < -0.3 is 14.9 Å². The number of carbonyl (C=O) groups is 2. The van der Waals surface area contributed by atoms with Gasteiger partial charge in [0.25, 0.3) is 5.91 Å². The lowest BCUT2D eigenvalue weighted by Gasteiger charge is -2.27. The highest BCUT2D eigenvalue weighted by Crippen LogP contribution is 2.43. The molecule has 2 aromatic carbocycles. The van der Waals surface area contributed by atoms with E-state index >= 15 is 0 Å². The zero-order chi connectivity index (χ0) is 24.0. The van der Waals surface area contributed by atoms with Crippen LogP contribution in [0.1, 0.15) is 48.3 Å². The second-order valence-corrected chi connectivity index (χ2v) is 8.50. The Kier molecular flexibility index (Phi) is 5.95. The van der Waals surface area contributed by atoms with Gasteiger partial charge in [-0.25, -0.2) is 4.39 Å². The summed E-state index contributed by atoms with van der Waals surface area (Å²) in [6, 6.07) is 7.03. The summed E-state index contributed by atoms with van der Waals surface area (Å²) >= 11 is 0. The number of hydrogen-bond donors (Lipinski definition) is 2. The standard InChI is InChI=1S/C23H22F3NO5/c1-11-18(19(21(30)31)23(2,3)4)14-9-17(28)15(24)10-16(14)27(11)20(29)12-5-7-13(8-6-12)32-22(25)26/h5-10,19,22,28H,1-4H3,(H,30,31). The molecule has 0 aliphatic rings. The molecule has 0 aliphatic carbocycles. The minimum Gasteiger partial charge on any atom is -0.505 e. The van der Waals surface area contributed by atoms with Gasteiger partial charge in [0.1, 0.15) is 5.75 Å². The van der Waals surface area contributed by atoms with Crippen LogP contribution < -0.4 is 4.74 Å². The highest BCUT2D eigenvalue weighted by molar-refractivity contribution is 6.05. The molecule has 0 fully saturated rings. The molecule has 1 atom stereocenters. The number of carboxylic acid groups (broad SMARTS) is 1. The van der Waals surface area contributed by atoms with Crippen molar-refractivity contribution in [3.63, 3.8) is 0 Å². The Bertz CT molecular complexity index is 1190. The number of hydrogen-bond acceptors (Lipinski definition) is 4. The number of ether oxygens (including phenoxy) is 1. The van der Waals surface area contributed by atoms with Crippen molar-refractivity contribution in [2.24, 2.45) is 5.41 Å². The minimum absolute atomic E-state index is 0.0845. The molecule has 2 N–H and O–H groups in total. The van der Waals surface area contributed by atoms with Crippen molar-refractivity contribution in [1.29, 1.82) is 0 Å². The normalized spacial score (nSPS) is 12.9. The van der Waals surface area contributed by atoms with Crippen molar-refractivity contribution in [2.45, 2.75) is 40.2 Å². The van der Waals surface area contributed by atoms with Crippen LogP contribution in [-0.4, -0.2) is 33.3 Å². The lowest BCUT2D eigenvalue weighted by Crippen LogP contribution is -2.27. The number of carboxylic acids is 1. The first kappa shape index (κ1) is 23.2. The molecule has 0 saturated heterocycles. The number of halogens is 3. The number of carbonyl (C=O) groups excluding carboxylic acids is 1. The zero-order valence-corrected chi connectivity index (χ0v) is 17.8. The van der Waals surface area contributed by atoms with Gasteiger partial charge in [0.05, 0.1) is 11.4 Å².